The number of hydrogen-bond donors (Lipinski definition) is 3. The highest BCUT2D eigenvalue weighted by Crippen LogP contribution is 2.46. The molecule has 4 N–H and O–H groups in total. The van der Waals surface area contributed by atoms with Gasteiger partial charge in [0.25, 0.3) is 5.91 Å². The summed E-state index contributed by atoms with van der Waals surface area (Å²) in [5, 5.41) is 5.91. The van der Waals surface area contributed by atoms with Crippen LogP contribution < -0.4 is 16.4 Å². The number of carbonyl (C=O) groups is 3. The summed E-state index contributed by atoms with van der Waals surface area (Å²) in [7, 11) is 0. The highest BCUT2D eigenvalue weighted by Gasteiger charge is 2.56. The Morgan fingerprint density at radius 1 is 1.23 bits per heavy atom. The summed E-state index contributed by atoms with van der Waals surface area (Å²) >= 11 is 0. The van der Waals surface area contributed by atoms with Crippen LogP contribution in [0, 0.1) is 18.3 Å². The number of rotatable bonds is 6. The number of imide groups is 1. The molecule has 1 aromatic heterocycles. The van der Waals surface area contributed by atoms with Crippen molar-refractivity contribution in [1.82, 2.24) is 25.2 Å². The predicted octanol–water partition coefficient (Wildman–Crippen LogP) is 2.69. The molecule has 0 unspecified atom stereocenters. The van der Waals surface area contributed by atoms with Gasteiger partial charge in [-0.3, -0.25) is 14.5 Å². The fourth-order valence-corrected chi connectivity index (χ4v) is 5.36. The van der Waals surface area contributed by atoms with Gasteiger partial charge in [0.2, 0.25) is 11.9 Å². The molecule has 0 radical (unpaired) electrons. The zero-order valence-corrected chi connectivity index (χ0v) is 20.4. The third-order valence-corrected chi connectivity index (χ3v) is 6.36. The Labute approximate surface area is 203 Å². The van der Waals surface area contributed by atoms with Gasteiger partial charge in [-0.05, 0) is 49.1 Å². The summed E-state index contributed by atoms with van der Waals surface area (Å²) in [6, 6.07) is 7.01. The number of aromatic nitrogens is 3. The topological polar surface area (TPSA) is 152 Å². The number of carbonyl (C=O) groups excluding carboxylic acids is 3. The Balaban J connectivity index is 1.39. The minimum atomic E-state index is -0.975. The highest BCUT2D eigenvalue weighted by molar-refractivity contribution is 6.08. The number of urea groups is 1. The molecule has 2 aliphatic rings. The maximum atomic E-state index is 13.2. The number of amides is 3. The van der Waals surface area contributed by atoms with Crippen molar-refractivity contribution in [2.45, 2.75) is 59.1 Å². The lowest BCUT2D eigenvalue weighted by Gasteiger charge is -2.43. The van der Waals surface area contributed by atoms with E-state index in [1.807, 2.05) is 31.2 Å². The van der Waals surface area contributed by atoms with Crippen LogP contribution in [0.1, 0.15) is 51.4 Å². The standard InChI is InChI=1S/C24H31N7O4/c1-14-9-23(3,4)13-24(10-14)19(33)31(22(34)30-24)11-18(32)35-12-17-27-20(25)29-21(28-17)26-16-8-6-5-7-15(16)2/h5-8,14H,9-13H2,1-4H3,(H,30,34)(H3,25,26,27,28,29)/t14-,24+/m0/s1. The SMILES string of the molecule is Cc1ccccc1Nc1nc(N)nc(COC(=O)CN2C(=O)N[C@@]3(C[C@@H](C)CC(C)(C)C3)C2=O)n1. The first kappa shape index (κ1) is 24.4. The molecule has 1 spiro atoms. The van der Waals surface area contributed by atoms with E-state index in [2.05, 4.69) is 46.4 Å². The Bertz CT molecular complexity index is 1170. The van der Waals surface area contributed by atoms with E-state index in [9.17, 15) is 14.4 Å². The fourth-order valence-electron chi connectivity index (χ4n) is 5.36. The second-order valence-corrected chi connectivity index (χ2v) is 10.3. The Hall–Kier alpha value is -3.76. The third-order valence-electron chi connectivity index (χ3n) is 6.36. The molecule has 2 atom stereocenters. The van der Waals surface area contributed by atoms with Crippen molar-refractivity contribution in [2.24, 2.45) is 11.3 Å². The smallest absolute Gasteiger partial charge is 0.326 e. The minimum absolute atomic E-state index is 0.0350. The predicted molar refractivity (Wildman–Crippen MR) is 128 cm³/mol. The van der Waals surface area contributed by atoms with Gasteiger partial charge in [0, 0.05) is 5.69 Å². The van der Waals surface area contributed by atoms with E-state index in [0.29, 0.717) is 12.8 Å². The summed E-state index contributed by atoms with van der Waals surface area (Å²) < 4.78 is 5.26. The normalized spacial score (nSPS) is 23.3. The summed E-state index contributed by atoms with van der Waals surface area (Å²) in [6.07, 6.45) is 2.05. The number of nitrogens with zero attached hydrogens (tertiary/aromatic N) is 4. The molecule has 2 aromatic rings. The molecule has 2 fully saturated rings. The average Bonchev–Trinajstić information content (AvgIpc) is 2.95. The van der Waals surface area contributed by atoms with Gasteiger partial charge in [-0.1, -0.05) is 39.0 Å². The van der Waals surface area contributed by atoms with Gasteiger partial charge in [-0.15, -0.1) is 0 Å². The van der Waals surface area contributed by atoms with Crippen molar-refractivity contribution >= 4 is 35.5 Å². The van der Waals surface area contributed by atoms with Crippen molar-refractivity contribution in [3.8, 4) is 0 Å². The molecule has 1 aliphatic carbocycles. The van der Waals surface area contributed by atoms with Crippen LogP contribution in [0.2, 0.25) is 0 Å². The number of esters is 1. The molecule has 186 valence electrons. The molecule has 3 amide bonds. The van der Waals surface area contributed by atoms with Crippen LogP contribution in [0.25, 0.3) is 0 Å². The molecule has 35 heavy (non-hydrogen) atoms. The molecule has 1 aromatic carbocycles. The zero-order valence-electron chi connectivity index (χ0n) is 20.4. The van der Waals surface area contributed by atoms with Gasteiger partial charge < -0.3 is 21.1 Å². The number of anilines is 3. The zero-order chi connectivity index (χ0) is 25.4. The number of nitrogens with one attached hydrogen (secondary N) is 2. The number of nitrogen functional groups attached to an aromatic ring is 1. The van der Waals surface area contributed by atoms with Crippen LogP contribution in [-0.4, -0.2) is 49.8 Å². The van der Waals surface area contributed by atoms with Crippen molar-refractivity contribution in [3.63, 3.8) is 0 Å². The summed E-state index contributed by atoms with van der Waals surface area (Å²) in [6.45, 7) is 7.40. The molecular weight excluding hydrogens is 450 g/mol. The molecule has 11 nitrogen and oxygen atoms in total. The van der Waals surface area contributed by atoms with Gasteiger partial charge in [0.1, 0.15) is 12.1 Å². The lowest BCUT2D eigenvalue weighted by Crippen LogP contribution is -2.54. The Kier molecular flexibility index (Phi) is 6.35. The highest BCUT2D eigenvalue weighted by atomic mass is 16.5. The number of para-hydroxylation sites is 1. The lowest BCUT2D eigenvalue weighted by atomic mass is 9.64. The second-order valence-electron chi connectivity index (χ2n) is 10.3. The summed E-state index contributed by atoms with van der Waals surface area (Å²) in [5.74, 6) is -0.547. The number of aryl methyl sites for hydroxylation is 1. The van der Waals surface area contributed by atoms with Crippen molar-refractivity contribution in [1.29, 1.82) is 0 Å². The van der Waals surface area contributed by atoms with Crippen LogP contribution in [-0.2, 0) is 20.9 Å². The van der Waals surface area contributed by atoms with Crippen LogP contribution in [0.3, 0.4) is 0 Å². The van der Waals surface area contributed by atoms with Gasteiger partial charge in [0.05, 0.1) is 0 Å². The summed E-state index contributed by atoms with van der Waals surface area (Å²) in [4.78, 5) is 51.6. The van der Waals surface area contributed by atoms with Gasteiger partial charge in [-0.25, -0.2) is 4.79 Å². The third kappa shape index (κ3) is 5.33. The number of ether oxygens (including phenoxy) is 1. The maximum Gasteiger partial charge on any atom is 0.326 e. The van der Waals surface area contributed by atoms with Crippen molar-refractivity contribution in [2.75, 3.05) is 17.6 Å². The number of benzene rings is 1. The van der Waals surface area contributed by atoms with Crippen molar-refractivity contribution in [3.05, 3.63) is 35.7 Å². The molecule has 1 aliphatic heterocycles. The largest absolute Gasteiger partial charge is 0.456 e. The van der Waals surface area contributed by atoms with E-state index < -0.39 is 24.1 Å². The first-order valence-electron chi connectivity index (χ1n) is 11.6. The van der Waals surface area contributed by atoms with Crippen LogP contribution >= 0.6 is 0 Å². The number of nitrogens with two attached hydrogens (primary N) is 1. The van der Waals surface area contributed by atoms with E-state index in [-0.39, 0.29) is 41.6 Å². The van der Waals surface area contributed by atoms with E-state index in [1.165, 1.54) is 0 Å². The molecule has 4 rings (SSSR count). The first-order valence-corrected chi connectivity index (χ1v) is 11.6. The molecule has 0 bridgehead atoms. The lowest BCUT2D eigenvalue weighted by molar-refractivity contribution is -0.149. The number of hydrogen-bond acceptors (Lipinski definition) is 9. The van der Waals surface area contributed by atoms with E-state index in [4.69, 9.17) is 10.5 Å². The Morgan fingerprint density at radius 3 is 2.69 bits per heavy atom. The molecule has 2 heterocycles. The van der Waals surface area contributed by atoms with Gasteiger partial charge in [-0.2, -0.15) is 15.0 Å². The maximum absolute atomic E-state index is 13.2. The molecule has 11 heteroatoms. The molecule has 1 saturated heterocycles. The van der Waals surface area contributed by atoms with E-state index in [0.717, 1.165) is 22.6 Å². The fraction of sp³-hybridized carbons (Fsp3) is 0.500. The van der Waals surface area contributed by atoms with Crippen LogP contribution in [0.15, 0.2) is 24.3 Å². The van der Waals surface area contributed by atoms with Gasteiger partial charge in [0.15, 0.2) is 12.4 Å². The van der Waals surface area contributed by atoms with Crippen LogP contribution in [0.5, 0.6) is 0 Å². The van der Waals surface area contributed by atoms with E-state index in [1.54, 1.807) is 0 Å². The molecular formula is C24H31N7O4. The monoisotopic (exact) mass is 481 g/mol. The van der Waals surface area contributed by atoms with Gasteiger partial charge >= 0.3 is 12.0 Å². The first-order chi connectivity index (χ1) is 16.5. The second kappa shape index (κ2) is 9.12. The average molecular weight is 482 g/mol. The minimum Gasteiger partial charge on any atom is -0.456 e. The van der Waals surface area contributed by atoms with Crippen LogP contribution in [0.4, 0.5) is 22.4 Å². The van der Waals surface area contributed by atoms with Crippen molar-refractivity contribution < 1.29 is 19.1 Å². The van der Waals surface area contributed by atoms with E-state index >= 15 is 0 Å². The summed E-state index contributed by atoms with van der Waals surface area (Å²) in [5.41, 5.74) is 6.50. The quantitative estimate of drug-likeness (QED) is 0.417. The molecule has 1 saturated carbocycles. The Morgan fingerprint density at radius 2 is 1.97 bits per heavy atom.